The Morgan fingerprint density at radius 3 is 2.75 bits per heavy atom. The maximum Gasteiger partial charge on any atom is 0.267 e. The summed E-state index contributed by atoms with van der Waals surface area (Å²) in [4.78, 5) is 13.6. The number of nitrogens with one attached hydrogen (secondary N) is 2. The smallest absolute Gasteiger partial charge is 0.267 e. The van der Waals surface area contributed by atoms with E-state index in [1.165, 1.54) is 12.1 Å². The maximum atomic E-state index is 13.2. The van der Waals surface area contributed by atoms with Crippen LogP contribution < -0.4 is 15.1 Å². The molecule has 0 spiro atoms. The summed E-state index contributed by atoms with van der Waals surface area (Å²) < 4.78 is 16.7. The van der Waals surface area contributed by atoms with E-state index in [-0.39, 0.29) is 5.82 Å². The van der Waals surface area contributed by atoms with Gasteiger partial charge in [0.15, 0.2) is 0 Å². The summed E-state index contributed by atoms with van der Waals surface area (Å²) in [5, 5.41) is 8.63. The number of para-hydroxylation sites is 1. The number of rotatable bonds is 7. The van der Waals surface area contributed by atoms with Gasteiger partial charge in [-0.3, -0.25) is 14.7 Å². The van der Waals surface area contributed by atoms with E-state index in [4.69, 9.17) is 5.21 Å². The van der Waals surface area contributed by atoms with Crippen molar-refractivity contribution in [3.8, 4) is 0 Å². The molecule has 0 aromatic heterocycles. The molecule has 0 atom stereocenters. The average Bonchev–Trinajstić information content (AvgIpc) is 2.73. The van der Waals surface area contributed by atoms with Gasteiger partial charge in [-0.1, -0.05) is 42.3 Å². The number of anilines is 1. The zero-order valence-electron chi connectivity index (χ0n) is 15.5. The van der Waals surface area contributed by atoms with Gasteiger partial charge in [0.1, 0.15) is 5.82 Å². The van der Waals surface area contributed by atoms with E-state index in [2.05, 4.69) is 9.62 Å². The number of piperidine rings is 1. The first-order chi connectivity index (χ1) is 13.7. The van der Waals surface area contributed by atoms with Gasteiger partial charge in [-0.05, 0) is 48.2 Å². The predicted molar refractivity (Wildman–Crippen MR) is 111 cm³/mol. The van der Waals surface area contributed by atoms with Gasteiger partial charge in [-0.25, -0.2) is 9.87 Å². The summed E-state index contributed by atoms with van der Waals surface area (Å²) in [6, 6.07) is 15.0. The molecule has 1 amide bonds. The first-order valence-electron chi connectivity index (χ1n) is 9.23. The second kappa shape index (κ2) is 10.3. The number of halogens is 1. The van der Waals surface area contributed by atoms with Gasteiger partial charge in [0.05, 0.1) is 0 Å². The monoisotopic (exact) mass is 401 g/mol. The zero-order chi connectivity index (χ0) is 19.8. The van der Waals surface area contributed by atoms with E-state index < -0.39 is 5.91 Å². The quantitative estimate of drug-likeness (QED) is 0.285. The zero-order valence-corrected chi connectivity index (χ0v) is 16.3. The molecule has 1 aliphatic heterocycles. The van der Waals surface area contributed by atoms with Crippen LogP contribution in [0.15, 0.2) is 54.6 Å². The number of benzene rings is 2. The molecule has 3 rings (SSSR count). The van der Waals surface area contributed by atoms with E-state index in [9.17, 15) is 9.18 Å². The fourth-order valence-corrected chi connectivity index (χ4v) is 4.13. The summed E-state index contributed by atoms with van der Waals surface area (Å²) in [6.07, 6.45) is 5.03. The highest BCUT2D eigenvalue weighted by Gasteiger charge is 2.20. The third-order valence-corrected chi connectivity index (χ3v) is 5.65. The molecule has 1 aliphatic rings. The van der Waals surface area contributed by atoms with Crippen LogP contribution in [0.3, 0.4) is 0 Å². The van der Waals surface area contributed by atoms with Gasteiger partial charge in [0, 0.05) is 36.6 Å². The second-order valence-corrected chi connectivity index (χ2v) is 7.48. The maximum absolute atomic E-state index is 13.2. The number of hydrogen-bond acceptors (Lipinski definition) is 5. The molecule has 0 unspecified atom stereocenters. The van der Waals surface area contributed by atoms with Crippen molar-refractivity contribution in [2.24, 2.45) is 0 Å². The Morgan fingerprint density at radius 1 is 1.21 bits per heavy atom. The van der Waals surface area contributed by atoms with Gasteiger partial charge >= 0.3 is 0 Å². The van der Waals surface area contributed by atoms with Gasteiger partial charge in [-0.2, -0.15) is 0 Å². The Hall–Kier alpha value is -2.35. The molecule has 5 nitrogen and oxygen atoms in total. The fraction of sp³-hybridized carbons (Fsp3) is 0.286. The normalized spacial score (nSPS) is 15.1. The fourth-order valence-electron chi connectivity index (χ4n) is 3.23. The number of carbonyl (C=O) groups excluding carboxylic acids is 1. The molecule has 1 saturated heterocycles. The van der Waals surface area contributed by atoms with Crippen LogP contribution in [0.2, 0.25) is 0 Å². The van der Waals surface area contributed by atoms with Crippen molar-refractivity contribution in [3.63, 3.8) is 0 Å². The lowest BCUT2D eigenvalue weighted by atomic mass is 10.0. The molecule has 7 heteroatoms. The van der Waals surface area contributed by atoms with Gasteiger partial charge in [0.25, 0.3) is 5.91 Å². The Kier molecular flexibility index (Phi) is 7.47. The van der Waals surface area contributed by atoms with E-state index in [1.54, 1.807) is 35.6 Å². The summed E-state index contributed by atoms with van der Waals surface area (Å²) in [5.74, 6) is -0.0120. The molecule has 2 aromatic carbocycles. The van der Waals surface area contributed by atoms with Crippen LogP contribution in [0, 0.1) is 5.82 Å². The molecule has 28 heavy (non-hydrogen) atoms. The highest BCUT2D eigenvalue weighted by Crippen LogP contribution is 2.26. The highest BCUT2D eigenvalue weighted by molar-refractivity contribution is 7.96. The molecule has 2 aromatic rings. The van der Waals surface area contributed by atoms with Crippen molar-refractivity contribution >= 4 is 29.6 Å². The molecule has 1 heterocycles. The Bertz CT molecular complexity index is 823. The van der Waals surface area contributed by atoms with E-state index >= 15 is 0 Å². The number of hydroxylamine groups is 1. The van der Waals surface area contributed by atoms with E-state index in [0.29, 0.717) is 6.04 Å². The first kappa shape index (κ1) is 20.4. The van der Waals surface area contributed by atoms with Crippen LogP contribution in [-0.4, -0.2) is 30.2 Å². The van der Waals surface area contributed by atoms with E-state index in [0.717, 1.165) is 48.5 Å². The molecule has 0 radical (unpaired) electrons. The standard InChI is InChI=1S/C21H24FN3O2S/c22-18-6-3-4-16(14-18)15-28-24-19-10-12-25(13-11-19)20-7-2-1-5-17(20)8-9-21(26)23-27/h1-9,14,19,24,27H,10-13,15H2,(H,23,26)/b9-8+. The van der Waals surface area contributed by atoms with Crippen LogP contribution in [0.25, 0.3) is 6.08 Å². The average molecular weight is 402 g/mol. The summed E-state index contributed by atoms with van der Waals surface area (Å²) in [7, 11) is 0. The summed E-state index contributed by atoms with van der Waals surface area (Å²) in [5.41, 5.74) is 4.60. The number of nitrogens with zero attached hydrogens (tertiary/aromatic N) is 1. The van der Waals surface area contributed by atoms with Crippen molar-refractivity contribution in [2.75, 3.05) is 18.0 Å². The molecule has 0 bridgehead atoms. The topological polar surface area (TPSA) is 64.6 Å². The minimum absolute atomic E-state index is 0.199. The van der Waals surface area contributed by atoms with Crippen molar-refractivity contribution in [2.45, 2.75) is 24.6 Å². The molecular weight excluding hydrogens is 377 g/mol. The molecule has 1 fully saturated rings. The minimum Gasteiger partial charge on any atom is -0.371 e. The van der Waals surface area contributed by atoms with Crippen molar-refractivity contribution in [1.29, 1.82) is 0 Å². The molecule has 0 saturated carbocycles. The lowest BCUT2D eigenvalue weighted by Crippen LogP contribution is -2.40. The van der Waals surface area contributed by atoms with Crippen molar-refractivity contribution < 1.29 is 14.4 Å². The number of carbonyl (C=O) groups is 1. The lowest BCUT2D eigenvalue weighted by Gasteiger charge is -2.34. The Morgan fingerprint density at radius 2 is 2.00 bits per heavy atom. The van der Waals surface area contributed by atoms with Crippen LogP contribution in [0.5, 0.6) is 0 Å². The molecule has 148 valence electrons. The third kappa shape index (κ3) is 5.82. The first-order valence-corrected chi connectivity index (χ1v) is 10.2. The van der Waals surface area contributed by atoms with Gasteiger partial charge < -0.3 is 4.90 Å². The van der Waals surface area contributed by atoms with Crippen molar-refractivity contribution in [1.82, 2.24) is 10.2 Å². The van der Waals surface area contributed by atoms with Crippen LogP contribution >= 0.6 is 11.9 Å². The van der Waals surface area contributed by atoms with Crippen molar-refractivity contribution in [3.05, 3.63) is 71.6 Å². The van der Waals surface area contributed by atoms with Crippen LogP contribution in [-0.2, 0) is 10.5 Å². The Labute approximate surface area is 168 Å². The second-order valence-electron chi connectivity index (χ2n) is 6.67. The number of amides is 1. The summed E-state index contributed by atoms with van der Waals surface area (Å²) in [6.45, 7) is 1.82. The Balaban J connectivity index is 1.50. The molecule has 0 aliphatic carbocycles. The molecule has 3 N–H and O–H groups in total. The van der Waals surface area contributed by atoms with Gasteiger partial charge in [0.2, 0.25) is 0 Å². The third-order valence-electron chi connectivity index (χ3n) is 4.67. The van der Waals surface area contributed by atoms with E-state index in [1.807, 2.05) is 30.3 Å². The van der Waals surface area contributed by atoms with Crippen LogP contribution in [0.4, 0.5) is 10.1 Å². The largest absolute Gasteiger partial charge is 0.371 e. The molecular formula is C21H24FN3O2S. The highest BCUT2D eigenvalue weighted by atomic mass is 32.2. The lowest BCUT2D eigenvalue weighted by molar-refractivity contribution is -0.124. The minimum atomic E-state index is -0.548. The van der Waals surface area contributed by atoms with Gasteiger partial charge in [-0.15, -0.1) is 0 Å². The SMILES string of the molecule is O=C(/C=C/c1ccccc1N1CCC(NSCc2cccc(F)c2)CC1)NO. The van der Waals surface area contributed by atoms with Crippen LogP contribution in [0.1, 0.15) is 24.0 Å². The predicted octanol–water partition coefficient (Wildman–Crippen LogP) is 3.75. The summed E-state index contributed by atoms with van der Waals surface area (Å²) >= 11 is 1.62. The number of hydrogen-bond donors (Lipinski definition) is 3.